The van der Waals surface area contributed by atoms with Crippen molar-refractivity contribution in [2.75, 3.05) is 13.1 Å². The zero-order valence-electron chi connectivity index (χ0n) is 24.4. The zero-order chi connectivity index (χ0) is 30.8. The average Bonchev–Trinajstić information content (AvgIpc) is 3.34. The van der Waals surface area contributed by atoms with Gasteiger partial charge in [0.1, 0.15) is 23.3 Å². The number of nitriles is 1. The summed E-state index contributed by atoms with van der Waals surface area (Å²) in [4.78, 5) is 27.3. The lowest BCUT2D eigenvalue weighted by molar-refractivity contribution is 0.0502. The molecule has 1 aliphatic heterocycles. The Morgan fingerprint density at radius 1 is 1.00 bits per heavy atom. The number of nitrogens with zero attached hydrogens (tertiary/aromatic N) is 2. The number of alkyl carbamates (subject to hydrolysis) is 1. The quantitative estimate of drug-likeness (QED) is 0.363. The molecule has 9 heteroatoms. The van der Waals surface area contributed by atoms with Crippen molar-refractivity contribution in [3.8, 4) is 28.3 Å². The normalized spacial score (nSPS) is 15.3. The minimum absolute atomic E-state index is 0.129. The Morgan fingerprint density at radius 3 is 2.33 bits per heavy atom. The van der Waals surface area contributed by atoms with Gasteiger partial charge in [0.25, 0.3) is 5.91 Å². The van der Waals surface area contributed by atoms with Crippen LogP contribution in [0.25, 0.3) is 22.3 Å². The van der Waals surface area contributed by atoms with E-state index in [1.807, 2.05) is 0 Å². The lowest BCUT2D eigenvalue weighted by Crippen LogP contribution is -2.41. The maximum atomic E-state index is 15.4. The number of ether oxygens (including phenoxy) is 1. The van der Waals surface area contributed by atoms with Crippen molar-refractivity contribution in [3.63, 3.8) is 0 Å². The topological polar surface area (TPSA) is 103 Å². The number of nitrogens with one attached hydrogen (secondary N) is 1. The summed E-state index contributed by atoms with van der Waals surface area (Å²) < 4.78 is 35.4. The SMILES string of the molecule is CC(C)(O)Cc1ccc(-c2ccc(C(=O)N3CC[C@H](NC(=O)OC(C)(C)C)C3)cc2-c2ccc(C#N)c(F)c2)c(F)c1. The number of rotatable bonds is 6. The van der Waals surface area contributed by atoms with Gasteiger partial charge in [-0.25, -0.2) is 13.6 Å². The average molecular weight is 576 g/mol. The molecule has 1 saturated heterocycles. The van der Waals surface area contributed by atoms with Crippen LogP contribution in [0.3, 0.4) is 0 Å². The summed E-state index contributed by atoms with van der Waals surface area (Å²) in [6.45, 7) is 9.30. The van der Waals surface area contributed by atoms with E-state index in [4.69, 9.17) is 4.74 Å². The monoisotopic (exact) mass is 575 g/mol. The number of halogens is 2. The molecule has 220 valence electrons. The molecule has 0 spiro atoms. The second-order valence-electron chi connectivity index (χ2n) is 12.3. The third-order valence-electron chi connectivity index (χ3n) is 6.82. The van der Waals surface area contributed by atoms with Crippen LogP contribution in [-0.2, 0) is 11.2 Å². The summed E-state index contributed by atoms with van der Waals surface area (Å²) in [7, 11) is 0. The highest BCUT2D eigenvalue weighted by atomic mass is 19.1. The van der Waals surface area contributed by atoms with Gasteiger partial charge in [-0.05, 0) is 93.6 Å². The van der Waals surface area contributed by atoms with E-state index in [0.717, 1.165) is 0 Å². The molecule has 0 radical (unpaired) electrons. The van der Waals surface area contributed by atoms with Gasteiger partial charge < -0.3 is 20.1 Å². The van der Waals surface area contributed by atoms with Crippen LogP contribution < -0.4 is 5.32 Å². The van der Waals surface area contributed by atoms with Crippen molar-refractivity contribution < 1.29 is 28.2 Å². The summed E-state index contributed by atoms with van der Waals surface area (Å²) >= 11 is 0. The van der Waals surface area contributed by atoms with Crippen LogP contribution in [0.15, 0.2) is 54.6 Å². The number of carbonyl (C=O) groups excluding carboxylic acids is 2. The molecule has 4 rings (SSSR count). The second-order valence-corrected chi connectivity index (χ2v) is 12.3. The molecule has 3 aromatic carbocycles. The van der Waals surface area contributed by atoms with Gasteiger partial charge in [-0.2, -0.15) is 5.26 Å². The molecule has 7 nitrogen and oxygen atoms in total. The van der Waals surface area contributed by atoms with E-state index in [9.17, 15) is 24.3 Å². The standard InChI is InChI=1S/C33H35F2N3O4/c1-32(2,3)42-31(40)37-24-12-13-38(19-24)30(39)22-9-11-25(26-10-6-20(14-29(26)35)17-33(4,5)41)27(15-22)21-7-8-23(18-36)28(34)16-21/h6-11,14-16,24,41H,12-13,17,19H2,1-5H3,(H,37,40)/t24-/m0/s1. The first-order valence-corrected chi connectivity index (χ1v) is 13.8. The maximum absolute atomic E-state index is 15.4. The minimum atomic E-state index is -1.02. The van der Waals surface area contributed by atoms with Crippen LogP contribution in [-0.4, -0.2) is 52.3 Å². The number of hydrogen-bond acceptors (Lipinski definition) is 5. The smallest absolute Gasteiger partial charge is 0.407 e. The number of hydrogen-bond donors (Lipinski definition) is 2. The molecule has 0 saturated carbocycles. The highest BCUT2D eigenvalue weighted by molar-refractivity contribution is 5.98. The first-order valence-electron chi connectivity index (χ1n) is 13.8. The fourth-order valence-corrected chi connectivity index (χ4v) is 5.03. The van der Waals surface area contributed by atoms with Crippen molar-refractivity contribution in [2.45, 2.75) is 64.7 Å². The van der Waals surface area contributed by atoms with Crippen LogP contribution >= 0.6 is 0 Å². The summed E-state index contributed by atoms with van der Waals surface area (Å²) in [5.74, 6) is -1.54. The van der Waals surface area contributed by atoms with E-state index in [-0.39, 0.29) is 36.0 Å². The summed E-state index contributed by atoms with van der Waals surface area (Å²) in [6, 6.07) is 15.1. The van der Waals surface area contributed by atoms with Crippen LogP contribution in [0, 0.1) is 23.0 Å². The Balaban J connectivity index is 1.67. The predicted octanol–water partition coefficient (Wildman–Crippen LogP) is 6.22. The van der Waals surface area contributed by atoms with E-state index in [1.165, 1.54) is 18.2 Å². The molecular weight excluding hydrogens is 540 g/mol. The molecule has 1 heterocycles. The minimum Gasteiger partial charge on any atom is -0.444 e. The molecule has 0 bridgehead atoms. The molecule has 1 atom stereocenters. The molecule has 42 heavy (non-hydrogen) atoms. The largest absolute Gasteiger partial charge is 0.444 e. The van der Waals surface area contributed by atoms with Crippen LogP contribution in [0.2, 0.25) is 0 Å². The number of carbonyl (C=O) groups is 2. The molecule has 2 N–H and O–H groups in total. The number of likely N-dealkylation sites (tertiary alicyclic amines) is 1. The van der Waals surface area contributed by atoms with Crippen molar-refractivity contribution >= 4 is 12.0 Å². The van der Waals surface area contributed by atoms with Gasteiger partial charge in [-0.1, -0.05) is 24.3 Å². The lowest BCUT2D eigenvalue weighted by Gasteiger charge is -2.22. The number of benzene rings is 3. The van der Waals surface area contributed by atoms with Gasteiger partial charge in [0.15, 0.2) is 0 Å². The summed E-state index contributed by atoms with van der Waals surface area (Å²) in [5.41, 5.74) is 0.623. The van der Waals surface area contributed by atoms with E-state index in [1.54, 1.807) is 82.0 Å². The maximum Gasteiger partial charge on any atom is 0.407 e. The van der Waals surface area contributed by atoms with E-state index < -0.39 is 28.9 Å². The zero-order valence-corrected chi connectivity index (χ0v) is 24.4. The van der Waals surface area contributed by atoms with Crippen molar-refractivity contribution in [1.82, 2.24) is 10.2 Å². The summed E-state index contributed by atoms with van der Waals surface area (Å²) in [5, 5.41) is 22.1. The molecule has 1 fully saturated rings. The van der Waals surface area contributed by atoms with Gasteiger partial charge in [0, 0.05) is 30.6 Å². The van der Waals surface area contributed by atoms with Gasteiger partial charge in [0.05, 0.1) is 17.2 Å². The van der Waals surface area contributed by atoms with Crippen LogP contribution in [0.1, 0.15) is 62.5 Å². The highest BCUT2D eigenvalue weighted by Crippen LogP contribution is 2.36. The molecule has 0 aromatic heterocycles. The second kappa shape index (κ2) is 11.9. The van der Waals surface area contributed by atoms with Crippen LogP contribution in [0.4, 0.5) is 13.6 Å². The number of amides is 2. The Bertz CT molecular complexity index is 1550. The molecule has 3 aromatic rings. The Morgan fingerprint density at radius 2 is 1.71 bits per heavy atom. The van der Waals surface area contributed by atoms with Crippen LogP contribution in [0.5, 0.6) is 0 Å². The molecule has 2 amide bonds. The fourth-order valence-electron chi connectivity index (χ4n) is 5.03. The van der Waals surface area contributed by atoms with Crippen molar-refractivity contribution in [1.29, 1.82) is 5.26 Å². The lowest BCUT2D eigenvalue weighted by atomic mass is 9.90. The third kappa shape index (κ3) is 7.51. The van der Waals surface area contributed by atoms with E-state index >= 15 is 4.39 Å². The Hall–Kier alpha value is -4.29. The molecule has 0 aliphatic carbocycles. The first kappa shape index (κ1) is 30.7. The number of aliphatic hydroxyl groups is 1. The Kier molecular flexibility index (Phi) is 8.69. The summed E-state index contributed by atoms with van der Waals surface area (Å²) in [6.07, 6.45) is 0.260. The van der Waals surface area contributed by atoms with E-state index in [2.05, 4.69) is 5.32 Å². The molecule has 0 unspecified atom stereocenters. The van der Waals surface area contributed by atoms with Crippen molar-refractivity contribution in [2.24, 2.45) is 0 Å². The third-order valence-corrected chi connectivity index (χ3v) is 6.82. The van der Waals surface area contributed by atoms with Crippen molar-refractivity contribution in [3.05, 3.63) is 82.9 Å². The Labute approximate surface area is 244 Å². The molecular formula is C33H35F2N3O4. The van der Waals surface area contributed by atoms with Gasteiger partial charge >= 0.3 is 6.09 Å². The van der Waals surface area contributed by atoms with Gasteiger partial charge in [0.2, 0.25) is 0 Å². The fraction of sp³-hybridized carbons (Fsp3) is 0.364. The van der Waals surface area contributed by atoms with Gasteiger partial charge in [-0.15, -0.1) is 0 Å². The van der Waals surface area contributed by atoms with Gasteiger partial charge in [-0.3, -0.25) is 4.79 Å². The predicted molar refractivity (Wildman–Crippen MR) is 156 cm³/mol. The molecule has 1 aliphatic rings. The highest BCUT2D eigenvalue weighted by Gasteiger charge is 2.30. The van der Waals surface area contributed by atoms with E-state index in [0.29, 0.717) is 40.8 Å². The first-order chi connectivity index (χ1) is 19.6.